The zero-order valence-corrected chi connectivity index (χ0v) is 19.9. The van der Waals surface area contributed by atoms with E-state index in [0.29, 0.717) is 29.3 Å². The Morgan fingerprint density at radius 1 is 0.919 bits per heavy atom. The van der Waals surface area contributed by atoms with E-state index in [2.05, 4.69) is 10.2 Å². The van der Waals surface area contributed by atoms with Crippen molar-refractivity contribution >= 4 is 45.9 Å². The van der Waals surface area contributed by atoms with Crippen LogP contribution in [0.2, 0.25) is 0 Å². The first-order valence-electron chi connectivity index (χ1n) is 11.5. The minimum absolute atomic E-state index is 0.152. The minimum Gasteiger partial charge on any atom is -0.505 e. The molecule has 3 N–H and O–H groups in total. The summed E-state index contributed by atoms with van der Waals surface area (Å²) < 4.78 is 0. The molecule has 190 valence electrons. The predicted molar refractivity (Wildman–Crippen MR) is 135 cm³/mol. The maximum Gasteiger partial charge on any atom is 0.339 e. The van der Waals surface area contributed by atoms with Crippen molar-refractivity contribution in [2.45, 2.75) is 32.2 Å². The van der Waals surface area contributed by atoms with Gasteiger partial charge >= 0.3 is 11.9 Å². The van der Waals surface area contributed by atoms with Gasteiger partial charge in [0.05, 0.1) is 5.69 Å². The van der Waals surface area contributed by atoms with Gasteiger partial charge in [-0.1, -0.05) is 62.2 Å². The fraction of sp³-hybridized carbons (Fsp3) is 0.185. The van der Waals surface area contributed by atoms with Gasteiger partial charge in [0.25, 0.3) is 11.8 Å². The summed E-state index contributed by atoms with van der Waals surface area (Å²) in [6.45, 7) is 1.92. The molecular formula is C27H25N3O7. The molecule has 4 rings (SSSR count). The lowest BCUT2D eigenvalue weighted by atomic mass is 10.0. The zero-order chi connectivity index (χ0) is 26.9. The first kappa shape index (κ1) is 26.7. The van der Waals surface area contributed by atoms with Crippen LogP contribution < -0.4 is 0 Å². The summed E-state index contributed by atoms with van der Waals surface area (Å²) in [5.74, 6) is -3.80. The number of imide groups is 1. The molecule has 0 aliphatic carbocycles. The third-order valence-corrected chi connectivity index (χ3v) is 5.52. The Hall–Kier alpha value is -4.86. The Kier molecular flexibility index (Phi) is 8.82. The highest BCUT2D eigenvalue weighted by atomic mass is 16.4. The van der Waals surface area contributed by atoms with Gasteiger partial charge in [-0.3, -0.25) is 14.5 Å². The molecule has 10 nitrogen and oxygen atoms in total. The minimum atomic E-state index is -1.21. The van der Waals surface area contributed by atoms with E-state index in [1.807, 2.05) is 25.1 Å². The van der Waals surface area contributed by atoms with Crippen molar-refractivity contribution in [3.8, 4) is 5.75 Å². The summed E-state index contributed by atoms with van der Waals surface area (Å²) in [4.78, 5) is 45.5. The van der Waals surface area contributed by atoms with Crippen molar-refractivity contribution in [2.24, 2.45) is 10.2 Å². The largest absolute Gasteiger partial charge is 0.505 e. The molecule has 0 aromatic heterocycles. The number of aromatic carboxylic acids is 1. The normalized spacial score (nSPS) is 13.6. The standard InChI is InChI=1S/C17H12N2O3.C10H13NO4/c20-16-14(17(21)22)10-11-6-4-5-9-13(11)15(16)19-18-12-7-2-1-3-8-12;1-2-3-4-7(10(14)15)11-8(12)5-6-9(11)13/h1-10,20H,(H,21,22);5-7H,2-4H2,1H3,(H,14,15). The highest BCUT2D eigenvalue weighted by Crippen LogP contribution is 2.39. The van der Waals surface area contributed by atoms with Crippen LogP contribution in [-0.4, -0.2) is 50.0 Å². The Balaban J connectivity index is 0.000000222. The van der Waals surface area contributed by atoms with Crippen LogP contribution >= 0.6 is 0 Å². The lowest BCUT2D eigenvalue weighted by molar-refractivity contribution is -0.153. The molecule has 1 aliphatic rings. The second-order valence-electron chi connectivity index (χ2n) is 8.06. The van der Waals surface area contributed by atoms with Gasteiger partial charge in [0.15, 0.2) is 5.75 Å². The molecule has 0 saturated heterocycles. The molecule has 37 heavy (non-hydrogen) atoms. The number of amides is 2. The van der Waals surface area contributed by atoms with Gasteiger partial charge < -0.3 is 15.3 Å². The number of hydrogen-bond acceptors (Lipinski definition) is 7. The van der Waals surface area contributed by atoms with Crippen molar-refractivity contribution in [2.75, 3.05) is 0 Å². The zero-order valence-electron chi connectivity index (χ0n) is 19.9. The van der Waals surface area contributed by atoms with Gasteiger partial charge in [0.1, 0.15) is 17.3 Å². The fourth-order valence-corrected chi connectivity index (χ4v) is 3.66. The number of phenols is 1. The van der Waals surface area contributed by atoms with Crippen LogP contribution in [0, 0.1) is 0 Å². The Bertz CT molecular complexity index is 1370. The van der Waals surface area contributed by atoms with Crippen LogP contribution in [0.25, 0.3) is 10.8 Å². The number of rotatable bonds is 8. The van der Waals surface area contributed by atoms with Crippen LogP contribution in [0.1, 0.15) is 36.5 Å². The van der Waals surface area contributed by atoms with Crippen LogP contribution in [0.4, 0.5) is 11.4 Å². The van der Waals surface area contributed by atoms with E-state index >= 15 is 0 Å². The van der Waals surface area contributed by atoms with Gasteiger partial charge in [-0.2, -0.15) is 5.11 Å². The number of unbranched alkanes of at least 4 members (excludes halogenated alkanes) is 1. The molecule has 10 heteroatoms. The van der Waals surface area contributed by atoms with Crippen LogP contribution in [-0.2, 0) is 14.4 Å². The number of carbonyl (C=O) groups is 4. The topological polar surface area (TPSA) is 157 Å². The van der Waals surface area contributed by atoms with Crippen molar-refractivity contribution < 1.29 is 34.5 Å². The number of benzene rings is 3. The van der Waals surface area contributed by atoms with Crippen molar-refractivity contribution in [3.63, 3.8) is 0 Å². The average molecular weight is 504 g/mol. The maximum absolute atomic E-state index is 11.3. The van der Waals surface area contributed by atoms with Gasteiger partial charge in [-0.25, -0.2) is 9.59 Å². The summed E-state index contributed by atoms with van der Waals surface area (Å²) in [6.07, 6.45) is 4.01. The van der Waals surface area contributed by atoms with Crippen LogP contribution in [0.3, 0.4) is 0 Å². The smallest absolute Gasteiger partial charge is 0.339 e. The van der Waals surface area contributed by atoms with E-state index in [1.54, 1.807) is 36.4 Å². The number of carboxylic acid groups (broad SMARTS) is 2. The number of hydrogen-bond donors (Lipinski definition) is 3. The monoisotopic (exact) mass is 503 g/mol. The van der Waals surface area contributed by atoms with Gasteiger partial charge in [0.2, 0.25) is 0 Å². The molecule has 1 aliphatic heterocycles. The molecule has 1 heterocycles. The summed E-state index contributed by atoms with van der Waals surface area (Å²) in [6, 6.07) is 16.6. The quantitative estimate of drug-likeness (QED) is 0.281. The second-order valence-corrected chi connectivity index (χ2v) is 8.06. The fourth-order valence-electron chi connectivity index (χ4n) is 3.66. The first-order chi connectivity index (χ1) is 17.7. The molecule has 3 aromatic carbocycles. The molecule has 3 aromatic rings. The van der Waals surface area contributed by atoms with Gasteiger partial charge in [0, 0.05) is 17.5 Å². The Labute approximate surface area is 212 Å². The summed E-state index contributed by atoms with van der Waals surface area (Å²) in [7, 11) is 0. The number of fused-ring (bicyclic) bond motifs is 1. The van der Waals surface area contributed by atoms with Crippen LogP contribution in [0.5, 0.6) is 5.75 Å². The first-order valence-corrected chi connectivity index (χ1v) is 11.5. The number of aliphatic carboxylic acids is 1. The molecule has 0 saturated carbocycles. The van der Waals surface area contributed by atoms with E-state index in [1.165, 1.54) is 6.07 Å². The summed E-state index contributed by atoms with van der Waals surface area (Å²) in [5.41, 5.74) is 0.576. The third-order valence-electron chi connectivity index (χ3n) is 5.52. The molecule has 2 amide bonds. The number of carboxylic acids is 2. The summed E-state index contributed by atoms with van der Waals surface area (Å²) in [5, 5.41) is 37.8. The number of nitrogens with zero attached hydrogens (tertiary/aromatic N) is 3. The van der Waals surface area contributed by atoms with Crippen molar-refractivity contribution in [1.29, 1.82) is 0 Å². The highest BCUT2D eigenvalue weighted by molar-refractivity contribution is 6.14. The second kappa shape index (κ2) is 12.2. The lowest BCUT2D eigenvalue weighted by Crippen LogP contribution is -2.44. The van der Waals surface area contributed by atoms with E-state index < -0.39 is 29.8 Å². The molecule has 1 atom stereocenters. The molecule has 1 unspecified atom stereocenters. The van der Waals surface area contributed by atoms with E-state index in [-0.39, 0.29) is 17.0 Å². The van der Waals surface area contributed by atoms with E-state index in [4.69, 9.17) is 5.11 Å². The molecule has 0 bridgehead atoms. The van der Waals surface area contributed by atoms with Crippen molar-refractivity contribution in [1.82, 2.24) is 4.90 Å². The lowest BCUT2D eigenvalue weighted by Gasteiger charge is -2.21. The number of azo groups is 1. The molecular weight excluding hydrogens is 478 g/mol. The Morgan fingerprint density at radius 2 is 1.54 bits per heavy atom. The highest BCUT2D eigenvalue weighted by Gasteiger charge is 2.35. The summed E-state index contributed by atoms with van der Waals surface area (Å²) >= 11 is 0. The molecule has 0 radical (unpaired) electrons. The predicted octanol–water partition coefficient (Wildman–Crippen LogP) is 5.21. The molecule has 0 fully saturated rings. The van der Waals surface area contributed by atoms with E-state index in [9.17, 15) is 29.4 Å². The van der Waals surface area contributed by atoms with Gasteiger partial charge in [-0.15, -0.1) is 5.11 Å². The maximum atomic E-state index is 11.3. The number of aromatic hydroxyl groups is 1. The van der Waals surface area contributed by atoms with E-state index in [0.717, 1.165) is 23.5 Å². The third kappa shape index (κ3) is 6.43. The van der Waals surface area contributed by atoms with Gasteiger partial charge in [-0.05, 0) is 30.0 Å². The Morgan fingerprint density at radius 3 is 2.14 bits per heavy atom. The van der Waals surface area contributed by atoms with Crippen LogP contribution in [0.15, 0.2) is 83.0 Å². The average Bonchev–Trinajstić information content (AvgIpc) is 3.21. The number of carbonyl (C=O) groups excluding carboxylic acids is 2. The molecule has 0 spiro atoms. The van der Waals surface area contributed by atoms with Crippen molar-refractivity contribution in [3.05, 3.63) is 78.4 Å². The SMILES string of the molecule is CCCCC(C(=O)O)N1C(=O)C=CC1=O.O=C(O)c1cc2ccccc2c(N=Nc2ccccc2)c1O.